The molecule has 2 N–H and O–H groups in total. The minimum atomic E-state index is 0.0864. The van der Waals surface area contributed by atoms with Gasteiger partial charge in [-0.15, -0.1) is 0 Å². The Morgan fingerprint density at radius 3 is 2.93 bits per heavy atom. The van der Waals surface area contributed by atoms with Gasteiger partial charge in [-0.1, -0.05) is 20.8 Å². The van der Waals surface area contributed by atoms with Crippen LogP contribution in [0.25, 0.3) is 0 Å². The molecule has 1 aromatic rings. The minimum absolute atomic E-state index is 0.0864. The maximum atomic E-state index is 5.75. The van der Waals surface area contributed by atoms with Gasteiger partial charge in [-0.25, -0.2) is 4.68 Å². The molecular formula is C11H19N3O. The van der Waals surface area contributed by atoms with Gasteiger partial charge in [-0.2, -0.15) is 5.10 Å². The van der Waals surface area contributed by atoms with Crippen molar-refractivity contribution in [2.24, 2.45) is 11.7 Å². The number of nitrogens with two attached hydrogens (primary N) is 1. The first-order chi connectivity index (χ1) is 7.02. The Morgan fingerprint density at radius 2 is 2.33 bits per heavy atom. The second-order valence-corrected chi connectivity index (χ2v) is 5.21. The molecule has 4 nitrogen and oxygen atoms in total. The summed E-state index contributed by atoms with van der Waals surface area (Å²) < 4.78 is 7.68. The van der Waals surface area contributed by atoms with Gasteiger partial charge in [0.1, 0.15) is 0 Å². The topological polar surface area (TPSA) is 53.1 Å². The SMILES string of the molecule is CC(C)(C)c1cnn2c1OC[C@H](CN)C2. The Labute approximate surface area is 90.4 Å². The highest BCUT2D eigenvalue weighted by molar-refractivity contribution is 5.31. The summed E-state index contributed by atoms with van der Waals surface area (Å²) in [4.78, 5) is 0. The number of fused-ring (bicyclic) bond motifs is 1. The summed E-state index contributed by atoms with van der Waals surface area (Å²) in [5, 5.41) is 4.36. The first-order valence-corrected chi connectivity index (χ1v) is 5.41. The lowest BCUT2D eigenvalue weighted by Gasteiger charge is -2.26. The number of ether oxygens (including phenoxy) is 1. The molecule has 2 heterocycles. The van der Waals surface area contributed by atoms with Gasteiger partial charge in [0.25, 0.3) is 0 Å². The van der Waals surface area contributed by atoms with Crippen LogP contribution >= 0.6 is 0 Å². The van der Waals surface area contributed by atoms with Gasteiger partial charge in [-0.3, -0.25) is 0 Å². The molecule has 4 heteroatoms. The van der Waals surface area contributed by atoms with Crippen LogP contribution in [0.4, 0.5) is 0 Å². The zero-order chi connectivity index (χ0) is 11.1. The largest absolute Gasteiger partial charge is 0.477 e. The normalized spacial score (nSPS) is 20.9. The van der Waals surface area contributed by atoms with E-state index >= 15 is 0 Å². The molecule has 0 radical (unpaired) electrons. The molecule has 1 aliphatic rings. The van der Waals surface area contributed by atoms with E-state index in [4.69, 9.17) is 10.5 Å². The van der Waals surface area contributed by atoms with Crippen molar-refractivity contribution in [1.82, 2.24) is 9.78 Å². The van der Waals surface area contributed by atoms with Crippen LogP contribution in [0.3, 0.4) is 0 Å². The molecule has 1 atom stereocenters. The Kier molecular flexibility index (Phi) is 2.46. The molecule has 0 saturated heterocycles. The van der Waals surface area contributed by atoms with E-state index in [-0.39, 0.29) is 5.41 Å². The zero-order valence-electron chi connectivity index (χ0n) is 9.66. The number of nitrogens with zero attached hydrogens (tertiary/aromatic N) is 2. The van der Waals surface area contributed by atoms with Gasteiger partial charge < -0.3 is 10.5 Å². The lowest BCUT2D eigenvalue weighted by atomic mass is 9.89. The maximum Gasteiger partial charge on any atom is 0.215 e. The van der Waals surface area contributed by atoms with E-state index in [2.05, 4.69) is 25.9 Å². The molecule has 15 heavy (non-hydrogen) atoms. The van der Waals surface area contributed by atoms with Crippen LogP contribution in [0, 0.1) is 5.92 Å². The number of rotatable bonds is 1. The molecule has 0 bridgehead atoms. The zero-order valence-corrected chi connectivity index (χ0v) is 9.66. The molecule has 0 fully saturated rings. The predicted octanol–water partition coefficient (Wildman–Crippen LogP) is 1.15. The fourth-order valence-electron chi connectivity index (χ4n) is 1.81. The molecule has 0 unspecified atom stereocenters. The summed E-state index contributed by atoms with van der Waals surface area (Å²) >= 11 is 0. The van der Waals surface area contributed by atoms with Gasteiger partial charge in [0.05, 0.1) is 19.3 Å². The lowest BCUT2D eigenvalue weighted by Crippen LogP contribution is -2.32. The van der Waals surface area contributed by atoms with Crippen molar-refractivity contribution in [2.45, 2.75) is 32.7 Å². The quantitative estimate of drug-likeness (QED) is 0.754. The molecule has 0 amide bonds. The Balaban J connectivity index is 2.30. The van der Waals surface area contributed by atoms with E-state index in [9.17, 15) is 0 Å². The van der Waals surface area contributed by atoms with Crippen molar-refractivity contribution in [3.05, 3.63) is 11.8 Å². The second kappa shape index (κ2) is 3.52. The van der Waals surface area contributed by atoms with Crippen LogP contribution in [0.5, 0.6) is 5.88 Å². The summed E-state index contributed by atoms with van der Waals surface area (Å²) in [7, 11) is 0. The third-order valence-electron chi connectivity index (χ3n) is 2.82. The van der Waals surface area contributed by atoms with Crippen LogP contribution in [0.15, 0.2) is 6.20 Å². The van der Waals surface area contributed by atoms with Crippen LogP contribution in [-0.4, -0.2) is 22.9 Å². The van der Waals surface area contributed by atoms with E-state index in [1.165, 1.54) is 5.56 Å². The summed E-state index contributed by atoms with van der Waals surface area (Å²) in [5.41, 5.74) is 6.90. The summed E-state index contributed by atoms with van der Waals surface area (Å²) in [6, 6.07) is 0. The van der Waals surface area contributed by atoms with Crippen LogP contribution in [0.1, 0.15) is 26.3 Å². The summed E-state index contributed by atoms with van der Waals surface area (Å²) in [5.74, 6) is 1.32. The molecule has 2 rings (SSSR count). The highest BCUT2D eigenvalue weighted by atomic mass is 16.5. The average molecular weight is 209 g/mol. The van der Waals surface area contributed by atoms with Crippen LogP contribution in [0.2, 0.25) is 0 Å². The molecule has 84 valence electrons. The van der Waals surface area contributed by atoms with Crippen molar-refractivity contribution in [3.8, 4) is 5.88 Å². The molecular weight excluding hydrogens is 190 g/mol. The number of hydrogen-bond acceptors (Lipinski definition) is 3. The van der Waals surface area contributed by atoms with E-state index < -0.39 is 0 Å². The van der Waals surface area contributed by atoms with Crippen molar-refractivity contribution in [3.63, 3.8) is 0 Å². The standard InChI is InChI=1S/C11H19N3O/c1-11(2,3)9-5-13-14-6-8(4-12)7-15-10(9)14/h5,8H,4,6-7,12H2,1-3H3/t8-/m1/s1. The van der Waals surface area contributed by atoms with E-state index in [1.807, 2.05) is 10.9 Å². The molecule has 0 saturated carbocycles. The third kappa shape index (κ3) is 1.86. The van der Waals surface area contributed by atoms with E-state index in [0.717, 1.165) is 12.4 Å². The minimum Gasteiger partial charge on any atom is -0.477 e. The van der Waals surface area contributed by atoms with E-state index in [1.54, 1.807) is 0 Å². The van der Waals surface area contributed by atoms with Crippen LogP contribution in [-0.2, 0) is 12.0 Å². The van der Waals surface area contributed by atoms with Gasteiger partial charge in [0, 0.05) is 18.0 Å². The van der Waals surface area contributed by atoms with E-state index in [0.29, 0.717) is 19.1 Å². The molecule has 0 spiro atoms. The monoisotopic (exact) mass is 209 g/mol. The van der Waals surface area contributed by atoms with Crippen molar-refractivity contribution in [2.75, 3.05) is 13.2 Å². The van der Waals surface area contributed by atoms with Crippen molar-refractivity contribution >= 4 is 0 Å². The fraction of sp³-hybridized carbons (Fsp3) is 0.727. The smallest absolute Gasteiger partial charge is 0.215 e. The summed E-state index contributed by atoms with van der Waals surface area (Å²) in [6.07, 6.45) is 1.91. The molecule has 1 aliphatic heterocycles. The maximum absolute atomic E-state index is 5.75. The van der Waals surface area contributed by atoms with Gasteiger partial charge >= 0.3 is 0 Å². The molecule has 0 aromatic carbocycles. The highest BCUT2D eigenvalue weighted by Crippen LogP contribution is 2.33. The fourth-order valence-corrected chi connectivity index (χ4v) is 1.81. The lowest BCUT2D eigenvalue weighted by molar-refractivity contribution is 0.165. The number of hydrogen-bond donors (Lipinski definition) is 1. The highest BCUT2D eigenvalue weighted by Gasteiger charge is 2.27. The number of aromatic nitrogens is 2. The Hall–Kier alpha value is -1.03. The van der Waals surface area contributed by atoms with Crippen molar-refractivity contribution in [1.29, 1.82) is 0 Å². The average Bonchev–Trinajstić information content (AvgIpc) is 2.59. The molecule has 0 aliphatic carbocycles. The van der Waals surface area contributed by atoms with Crippen molar-refractivity contribution < 1.29 is 4.74 Å². The van der Waals surface area contributed by atoms with Gasteiger partial charge in [0.2, 0.25) is 5.88 Å². The van der Waals surface area contributed by atoms with Gasteiger partial charge in [-0.05, 0) is 5.41 Å². The Morgan fingerprint density at radius 1 is 1.60 bits per heavy atom. The van der Waals surface area contributed by atoms with Crippen LogP contribution < -0.4 is 10.5 Å². The summed E-state index contributed by atoms with van der Waals surface area (Å²) in [6.45, 7) is 8.76. The first kappa shape index (κ1) is 10.5. The first-order valence-electron chi connectivity index (χ1n) is 5.41. The second-order valence-electron chi connectivity index (χ2n) is 5.21. The van der Waals surface area contributed by atoms with Gasteiger partial charge in [0.15, 0.2) is 0 Å². The Bertz CT molecular complexity index is 351. The predicted molar refractivity (Wildman–Crippen MR) is 59.0 cm³/mol. The molecule has 1 aromatic heterocycles. The third-order valence-corrected chi connectivity index (χ3v) is 2.82.